The number of hydrogen-bond acceptors (Lipinski definition) is 3. The Bertz CT molecular complexity index is 659. The lowest BCUT2D eigenvalue weighted by Crippen LogP contribution is -1.99. The van der Waals surface area contributed by atoms with E-state index < -0.39 is 5.97 Å². The third-order valence-electron chi connectivity index (χ3n) is 2.38. The lowest BCUT2D eigenvalue weighted by Gasteiger charge is -2.08. The second-order valence-electron chi connectivity index (χ2n) is 3.68. The summed E-state index contributed by atoms with van der Waals surface area (Å²) >= 11 is 5.75. The predicted octanol–water partition coefficient (Wildman–Crippen LogP) is 3.70. The average molecular weight is 274 g/mol. The highest BCUT2D eigenvalue weighted by atomic mass is 35.5. The van der Waals surface area contributed by atoms with Gasteiger partial charge in [-0.25, -0.2) is 4.79 Å². The van der Waals surface area contributed by atoms with Crippen molar-refractivity contribution in [2.45, 2.75) is 0 Å². The largest absolute Gasteiger partial charge is 0.478 e. The first-order chi connectivity index (χ1) is 9.10. The SMILES string of the molecule is N#Cc1ccc(Oc2ccc(Cl)cc2C(=O)O)cc1. The second-order valence-corrected chi connectivity index (χ2v) is 4.12. The molecule has 0 unspecified atom stereocenters. The monoisotopic (exact) mass is 273 g/mol. The van der Waals surface area contributed by atoms with Crippen molar-refractivity contribution in [2.24, 2.45) is 0 Å². The van der Waals surface area contributed by atoms with E-state index in [9.17, 15) is 4.79 Å². The Morgan fingerprint density at radius 3 is 2.47 bits per heavy atom. The van der Waals surface area contributed by atoms with Gasteiger partial charge in [0.25, 0.3) is 0 Å². The van der Waals surface area contributed by atoms with Gasteiger partial charge < -0.3 is 9.84 Å². The van der Waals surface area contributed by atoms with Crippen LogP contribution in [0.1, 0.15) is 15.9 Å². The number of aromatic carboxylic acids is 1. The van der Waals surface area contributed by atoms with Gasteiger partial charge >= 0.3 is 5.97 Å². The molecule has 0 saturated carbocycles. The Kier molecular flexibility index (Phi) is 3.69. The molecule has 19 heavy (non-hydrogen) atoms. The Hall–Kier alpha value is -2.51. The van der Waals surface area contributed by atoms with Gasteiger partial charge in [0.05, 0.1) is 11.6 Å². The fraction of sp³-hybridized carbons (Fsp3) is 0. The zero-order valence-electron chi connectivity index (χ0n) is 9.63. The molecule has 0 aromatic heterocycles. The summed E-state index contributed by atoms with van der Waals surface area (Å²) in [4.78, 5) is 11.1. The van der Waals surface area contributed by atoms with Gasteiger partial charge in [0.15, 0.2) is 0 Å². The van der Waals surface area contributed by atoms with Gasteiger partial charge in [0.2, 0.25) is 0 Å². The zero-order chi connectivity index (χ0) is 13.8. The number of ether oxygens (including phenoxy) is 1. The number of carboxylic acid groups (broad SMARTS) is 1. The molecule has 4 nitrogen and oxygen atoms in total. The first kappa shape index (κ1) is 12.9. The number of halogens is 1. The van der Waals surface area contributed by atoms with Crippen LogP contribution in [0.2, 0.25) is 5.02 Å². The minimum atomic E-state index is -1.12. The summed E-state index contributed by atoms with van der Waals surface area (Å²) in [5, 5.41) is 18.1. The standard InChI is InChI=1S/C14H8ClNO3/c15-10-3-6-13(12(7-10)14(17)18)19-11-4-1-9(8-16)2-5-11/h1-7H,(H,17,18). The molecule has 2 rings (SSSR count). The molecule has 0 fully saturated rings. The number of nitriles is 1. The fourth-order valence-corrected chi connectivity index (χ4v) is 1.65. The molecule has 94 valence electrons. The highest BCUT2D eigenvalue weighted by Crippen LogP contribution is 2.28. The van der Waals surface area contributed by atoms with Crippen LogP contribution in [-0.4, -0.2) is 11.1 Å². The van der Waals surface area contributed by atoms with E-state index in [1.807, 2.05) is 6.07 Å². The highest BCUT2D eigenvalue weighted by molar-refractivity contribution is 6.31. The molecule has 1 N–H and O–H groups in total. The average Bonchev–Trinajstić information content (AvgIpc) is 2.41. The zero-order valence-corrected chi connectivity index (χ0v) is 10.4. The van der Waals surface area contributed by atoms with E-state index in [4.69, 9.17) is 26.7 Å². The van der Waals surface area contributed by atoms with Crippen molar-refractivity contribution in [2.75, 3.05) is 0 Å². The maximum absolute atomic E-state index is 11.1. The molecule has 0 atom stereocenters. The number of hydrogen-bond donors (Lipinski definition) is 1. The van der Waals surface area contributed by atoms with Crippen molar-refractivity contribution in [3.05, 3.63) is 58.6 Å². The van der Waals surface area contributed by atoms with E-state index in [-0.39, 0.29) is 11.3 Å². The van der Waals surface area contributed by atoms with Gasteiger partial charge in [-0.1, -0.05) is 11.6 Å². The van der Waals surface area contributed by atoms with Crippen LogP contribution < -0.4 is 4.74 Å². The molecule has 0 amide bonds. The number of carbonyl (C=O) groups is 1. The minimum Gasteiger partial charge on any atom is -0.478 e. The molecule has 2 aromatic carbocycles. The van der Waals surface area contributed by atoms with E-state index in [1.165, 1.54) is 12.1 Å². The Morgan fingerprint density at radius 2 is 1.89 bits per heavy atom. The van der Waals surface area contributed by atoms with Crippen molar-refractivity contribution >= 4 is 17.6 Å². The van der Waals surface area contributed by atoms with Gasteiger partial charge in [-0.05, 0) is 42.5 Å². The van der Waals surface area contributed by atoms with E-state index >= 15 is 0 Å². The number of rotatable bonds is 3. The first-order valence-corrected chi connectivity index (χ1v) is 5.69. The van der Waals surface area contributed by atoms with Crippen LogP contribution in [0.15, 0.2) is 42.5 Å². The minimum absolute atomic E-state index is 0.0168. The van der Waals surface area contributed by atoms with Crippen LogP contribution >= 0.6 is 11.6 Å². The van der Waals surface area contributed by atoms with Crippen LogP contribution in [0.5, 0.6) is 11.5 Å². The number of benzene rings is 2. The number of nitrogens with zero attached hydrogens (tertiary/aromatic N) is 1. The molecule has 0 aliphatic heterocycles. The van der Waals surface area contributed by atoms with Crippen LogP contribution in [0.3, 0.4) is 0 Å². The van der Waals surface area contributed by atoms with Gasteiger partial charge in [0, 0.05) is 5.02 Å². The van der Waals surface area contributed by atoms with Crippen molar-refractivity contribution in [3.8, 4) is 17.6 Å². The molecular formula is C14H8ClNO3. The molecule has 0 bridgehead atoms. The van der Waals surface area contributed by atoms with Crippen LogP contribution in [0, 0.1) is 11.3 Å². The summed E-state index contributed by atoms with van der Waals surface area (Å²) in [6.07, 6.45) is 0. The molecule has 0 aliphatic rings. The van der Waals surface area contributed by atoms with Crippen molar-refractivity contribution in [1.29, 1.82) is 5.26 Å². The Balaban J connectivity index is 2.32. The molecule has 5 heteroatoms. The van der Waals surface area contributed by atoms with Gasteiger partial charge in [-0.3, -0.25) is 0 Å². The Labute approximate surface area is 114 Å². The summed E-state index contributed by atoms with van der Waals surface area (Å²) in [6.45, 7) is 0. The predicted molar refractivity (Wildman–Crippen MR) is 69.6 cm³/mol. The Morgan fingerprint density at radius 1 is 1.21 bits per heavy atom. The third kappa shape index (κ3) is 3.03. The fourth-order valence-electron chi connectivity index (χ4n) is 1.48. The van der Waals surface area contributed by atoms with Crippen LogP contribution in [0.4, 0.5) is 0 Å². The van der Waals surface area contributed by atoms with Crippen molar-refractivity contribution in [3.63, 3.8) is 0 Å². The summed E-state index contributed by atoms with van der Waals surface area (Å²) in [6, 6.07) is 12.7. The molecule has 2 aromatic rings. The van der Waals surface area contributed by atoms with Gasteiger partial charge in [-0.2, -0.15) is 5.26 Å². The van der Waals surface area contributed by atoms with E-state index in [1.54, 1.807) is 30.3 Å². The molecular weight excluding hydrogens is 266 g/mol. The van der Waals surface area contributed by atoms with Crippen LogP contribution in [-0.2, 0) is 0 Å². The quantitative estimate of drug-likeness (QED) is 0.925. The lowest BCUT2D eigenvalue weighted by atomic mass is 10.2. The smallest absolute Gasteiger partial charge is 0.339 e. The maximum atomic E-state index is 11.1. The highest BCUT2D eigenvalue weighted by Gasteiger charge is 2.12. The maximum Gasteiger partial charge on any atom is 0.339 e. The van der Waals surface area contributed by atoms with E-state index in [2.05, 4.69) is 0 Å². The molecule has 0 heterocycles. The van der Waals surface area contributed by atoms with Crippen molar-refractivity contribution in [1.82, 2.24) is 0 Å². The summed E-state index contributed by atoms with van der Waals surface area (Å²) in [5.41, 5.74) is 0.485. The van der Waals surface area contributed by atoms with E-state index in [0.29, 0.717) is 16.3 Å². The normalized spacial score (nSPS) is 9.68. The summed E-state index contributed by atoms with van der Waals surface area (Å²) in [5.74, 6) is -0.475. The van der Waals surface area contributed by atoms with Gasteiger partial charge in [0.1, 0.15) is 17.1 Å². The lowest BCUT2D eigenvalue weighted by molar-refractivity contribution is 0.0694. The van der Waals surface area contributed by atoms with Crippen molar-refractivity contribution < 1.29 is 14.6 Å². The topological polar surface area (TPSA) is 70.3 Å². The second kappa shape index (κ2) is 5.42. The third-order valence-corrected chi connectivity index (χ3v) is 2.62. The first-order valence-electron chi connectivity index (χ1n) is 5.31. The molecule has 0 radical (unpaired) electrons. The van der Waals surface area contributed by atoms with Gasteiger partial charge in [-0.15, -0.1) is 0 Å². The summed E-state index contributed by atoms with van der Waals surface area (Å²) in [7, 11) is 0. The molecule has 0 spiro atoms. The summed E-state index contributed by atoms with van der Waals surface area (Å²) < 4.78 is 5.48. The van der Waals surface area contributed by atoms with Crippen LogP contribution in [0.25, 0.3) is 0 Å². The molecule has 0 aliphatic carbocycles. The number of carboxylic acids is 1. The van der Waals surface area contributed by atoms with E-state index in [0.717, 1.165) is 0 Å². The molecule has 0 saturated heterocycles.